The SMILES string of the molecule is COc1cc(NCc2ccc(F)cc2Cl)ccc1F. The summed E-state index contributed by atoms with van der Waals surface area (Å²) in [5.74, 6) is -0.639. The van der Waals surface area contributed by atoms with Crippen LogP contribution in [-0.2, 0) is 6.54 Å². The van der Waals surface area contributed by atoms with Crippen LogP contribution < -0.4 is 10.1 Å². The summed E-state index contributed by atoms with van der Waals surface area (Å²) in [5, 5.41) is 3.42. The van der Waals surface area contributed by atoms with E-state index in [1.165, 1.54) is 25.3 Å². The largest absolute Gasteiger partial charge is 0.494 e. The molecule has 0 radical (unpaired) electrons. The molecule has 2 aromatic rings. The molecule has 0 aromatic heterocycles. The highest BCUT2D eigenvalue weighted by atomic mass is 35.5. The maximum absolute atomic E-state index is 13.2. The van der Waals surface area contributed by atoms with Gasteiger partial charge in [0.1, 0.15) is 5.82 Å². The molecule has 0 saturated carbocycles. The third-order valence-electron chi connectivity index (χ3n) is 2.65. The molecular weight excluding hydrogens is 272 g/mol. The number of nitrogens with one attached hydrogen (secondary N) is 1. The Morgan fingerprint density at radius 3 is 2.63 bits per heavy atom. The number of hydrogen-bond donors (Lipinski definition) is 1. The Hall–Kier alpha value is -1.81. The first-order valence-corrected chi connectivity index (χ1v) is 5.99. The number of anilines is 1. The second-order valence-corrected chi connectivity index (χ2v) is 4.35. The number of rotatable bonds is 4. The Labute approximate surface area is 115 Å². The molecule has 0 unspecified atom stereocenters. The molecule has 0 bridgehead atoms. The lowest BCUT2D eigenvalue weighted by molar-refractivity contribution is 0.387. The molecule has 2 nitrogen and oxygen atoms in total. The van der Waals surface area contributed by atoms with Crippen LogP contribution in [0.15, 0.2) is 36.4 Å². The minimum Gasteiger partial charge on any atom is -0.494 e. The Morgan fingerprint density at radius 1 is 1.16 bits per heavy atom. The molecule has 1 N–H and O–H groups in total. The van der Waals surface area contributed by atoms with Crippen LogP contribution in [0.1, 0.15) is 5.56 Å². The maximum Gasteiger partial charge on any atom is 0.165 e. The highest BCUT2D eigenvalue weighted by molar-refractivity contribution is 6.31. The molecule has 0 aliphatic carbocycles. The van der Waals surface area contributed by atoms with E-state index in [1.54, 1.807) is 18.2 Å². The molecule has 100 valence electrons. The van der Waals surface area contributed by atoms with E-state index >= 15 is 0 Å². The highest BCUT2D eigenvalue weighted by Gasteiger charge is 2.05. The smallest absolute Gasteiger partial charge is 0.165 e. The van der Waals surface area contributed by atoms with Crippen LogP contribution in [-0.4, -0.2) is 7.11 Å². The number of hydrogen-bond acceptors (Lipinski definition) is 2. The Bertz CT molecular complexity index is 590. The number of benzene rings is 2. The minimum atomic E-state index is -0.423. The predicted molar refractivity (Wildman–Crippen MR) is 71.7 cm³/mol. The average Bonchev–Trinajstić information content (AvgIpc) is 2.39. The summed E-state index contributed by atoms with van der Waals surface area (Å²) in [6.45, 7) is 0.411. The van der Waals surface area contributed by atoms with Gasteiger partial charge in [-0.15, -0.1) is 0 Å². The van der Waals surface area contributed by atoms with Gasteiger partial charge < -0.3 is 10.1 Å². The van der Waals surface area contributed by atoms with Crippen LogP contribution in [0.4, 0.5) is 14.5 Å². The molecule has 2 rings (SSSR count). The van der Waals surface area contributed by atoms with Gasteiger partial charge in [0.2, 0.25) is 0 Å². The molecule has 0 heterocycles. The summed E-state index contributed by atoms with van der Waals surface area (Å²) in [4.78, 5) is 0. The second kappa shape index (κ2) is 5.89. The Kier molecular flexibility index (Phi) is 4.22. The van der Waals surface area contributed by atoms with E-state index in [1.807, 2.05) is 0 Å². The zero-order valence-corrected chi connectivity index (χ0v) is 11.0. The average molecular weight is 284 g/mol. The molecule has 0 amide bonds. The monoisotopic (exact) mass is 283 g/mol. The number of methoxy groups -OCH3 is 1. The molecule has 0 atom stereocenters. The van der Waals surface area contributed by atoms with Crippen molar-refractivity contribution in [1.29, 1.82) is 0 Å². The Balaban J connectivity index is 2.10. The van der Waals surface area contributed by atoms with E-state index in [4.69, 9.17) is 16.3 Å². The first-order valence-electron chi connectivity index (χ1n) is 5.61. The van der Waals surface area contributed by atoms with Crippen molar-refractivity contribution in [3.63, 3.8) is 0 Å². The molecule has 5 heteroatoms. The van der Waals surface area contributed by atoms with Gasteiger partial charge in [-0.25, -0.2) is 8.78 Å². The summed E-state index contributed by atoms with van der Waals surface area (Å²) in [6, 6.07) is 8.65. The van der Waals surface area contributed by atoms with Crippen LogP contribution in [0, 0.1) is 11.6 Å². The van der Waals surface area contributed by atoms with Crippen LogP contribution >= 0.6 is 11.6 Å². The fraction of sp³-hybridized carbons (Fsp3) is 0.143. The lowest BCUT2D eigenvalue weighted by atomic mass is 10.2. The molecule has 0 spiro atoms. The molecule has 0 aliphatic rings. The summed E-state index contributed by atoms with van der Waals surface area (Å²) < 4.78 is 31.0. The van der Waals surface area contributed by atoms with Crippen LogP contribution in [0.3, 0.4) is 0 Å². The van der Waals surface area contributed by atoms with Crippen molar-refractivity contribution >= 4 is 17.3 Å². The molecule has 19 heavy (non-hydrogen) atoms. The molecule has 2 aromatic carbocycles. The van der Waals surface area contributed by atoms with Gasteiger partial charge >= 0.3 is 0 Å². The van der Waals surface area contributed by atoms with E-state index in [0.29, 0.717) is 17.3 Å². The zero-order valence-electron chi connectivity index (χ0n) is 10.2. The molecular formula is C14H12ClF2NO. The fourth-order valence-corrected chi connectivity index (χ4v) is 1.87. The van der Waals surface area contributed by atoms with Gasteiger partial charge in [0.25, 0.3) is 0 Å². The third kappa shape index (κ3) is 3.35. The van der Waals surface area contributed by atoms with Crippen molar-refractivity contribution in [1.82, 2.24) is 0 Å². The van der Waals surface area contributed by atoms with E-state index < -0.39 is 5.82 Å². The summed E-state index contributed by atoms with van der Waals surface area (Å²) in [6.07, 6.45) is 0. The zero-order chi connectivity index (χ0) is 13.8. The van der Waals surface area contributed by atoms with Crippen molar-refractivity contribution in [3.05, 3.63) is 58.6 Å². The summed E-state index contributed by atoms with van der Waals surface area (Å²) >= 11 is 5.91. The second-order valence-electron chi connectivity index (χ2n) is 3.94. The Morgan fingerprint density at radius 2 is 1.95 bits per heavy atom. The normalized spacial score (nSPS) is 10.3. The fourth-order valence-electron chi connectivity index (χ4n) is 1.63. The van der Waals surface area contributed by atoms with E-state index in [2.05, 4.69) is 5.32 Å². The minimum absolute atomic E-state index is 0.162. The van der Waals surface area contributed by atoms with Crippen molar-refractivity contribution in [2.24, 2.45) is 0 Å². The maximum atomic E-state index is 13.2. The number of halogens is 3. The van der Waals surface area contributed by atoms with E-state index in [0.717, 1.165) is 5.56 Å². The first-order chi connectivity index (χ1) is 9.10. The quantitative estimate of drug-likeness (QED) is 0.906. The van der Waals surface area contributed by atoms with Gasteiger partial charge in [-0.05, 0) is 29.8 Å². The van der Waals surface area contributed by atoms with Gasteiger partial charge in [-0.1, -0.05) is 17.7 Å². The van der Waals surface area contributed by atoms with Crippen LogP contribution in [0.5, 0.6) is 5.75 Å². The lowest BCUT2D eigenvalue weighted by Crippen LogP contribution is -2.01. The van der Waals surface area contributed by atoms with Crippen molar-refractivity contribution in [3.8, 4) is 5.75 Å². The van der Waals surface area contributed by atoms with Gasteiger partial charge in [0, 0.05) is 23.3 Å². The van der Waals surface area contributed by atoms with Crippen LogP contribution in [0.2, 0.25) is 5.02 Å². The summed E-state index contributed by atoms with van der Waals surface area (Å²) in [5.41, 5.74) is 1.45. The van der Waals surface area contributed by atoms with E-state index in [-0.39, 0.29) is 11.6 Å². The van der Waals surface area contributed by atoms with Gasteiger partial charge in [0.05, 0.1) is 7.11 Å². The van der Waals surface area contributed by atoms with Crippen molar-refractivity contribution in [2.75, 3.05) is 12.4 Å². The summed E-state index contributed by atoms with van der Waals surface area (Å²) in [7, 11) is 1.40. The van der Waals surface area contributed by atoms with Crippen LogP contribution in [0.25, 0.3) is 0 Å². The third-order valence-corrected chi connectivity index (χ3v) is 3.00. The van der Waals surface area contributed by atoms with Gasteiger partial charge in [-0.2, -0.15) is 0 Å². The van der Waals surface area contributed by atoms with Crippen molar-refractivity contribution < 1.29 is 13.5 Å². The topological polar surface area (TPSA) is 21.3 Å². The van der Waals surface area contributed by atoms with Crippen molar-refractivity contribution in [2.45, 2.75) is 6.54 Å². The van der Waals surface area contributed by atoms with Gasteiger partial charge in [-0.3, -0.25) is 0 Å². The molecule has 0 aliphatic heterocycles. The molecule has 0 fully saturated rings. The number of ether oxygens (including phenoxy) is 1. The standard InChI is InChI=1S/C14H12ClF2NO/c1-19-14-7-11(4-5-13(14)17)18-8-9-2-3-10(16)6-12(9)15/h2-7,18H,8H2,1H3. The first kappa shape index (κ1) is 13.6. The predicted octanol–water partition coefficient (Wildman–Crippen LogP) is 4.24. The van der Waals surface area contributed by atoms with E-state index in [9.17, 15) is 8.78 Å². The highest BCUT2D eigenvalue weighted by Crippen LogP contribution is 2.23. The lowest BCUT2D eigenvalue weighted by Gasteiger charge is -2.10. The van der Waals surface area contributed by atoms with Gasteiger partial charge in [0.15, 0.2) is 11.6 Å². The molecule has 0 saturated heterocycles.